The number of rotatable bonds is 5. The first-order valence-electron chi connectivity index (χ1n) is 9.58. The number of pyridine rings is 2. The van der Waals surface area contributed by atoms with E-state index in [0.29, 0.717) is 6.04 Å². The monoisotopic (exact) mass is 352 g/mol. The Balaban J connectivity index is 1.28. The van der Waals surface area contributed by atoms with E-state index < -0.39 is 0 Å². The highest BCUT2D eigenvalue weighted by atomic mass is 16.5. The van der Waals surface area contributed by atoms with Crippen LogP contribution in [-0.2, 0) is 17.8 Å². The number of ether oxygens (including phenoxy) is 1. The van der Waals surface area contributed by atoms with E-state index in [0.717, 1.165) is 57.7 Å². The largest absolute Gasteiger partial charge is 0.373 e. The third-order valence-electron chi connectivity index (χ3n) is 5.87. The Morgan fingerprint density at radius 2 is 1.96 bits per heavy atom. The Morgan fingerprint density at radius 1 is 1.15 bits per heavy atom. The third-order valence-corrected chi connectivity index (χ3v) is 5.87. The van der Waals surface area contributed by atoms with Gasteiger partial charge in [-0.15, -0.1) is 0 Å². The molecule has 1 spiro atoms. The molecule has 0 N–H and O–H groups in total. The van der Waals surface area contributed by atoms with Crippen LogP contribution in [0.4, 0.5) is 0 Å². The minimum absolute atomic E-state index is 0.0811. The van der Waals surface area contributed by atoms with Gasteiger partial charge in [0.25, 0.3) is 0 Å². The fraction of sp³-hybridized carbons (Fsp3) is 0.524. The van der Waals surface area contributed by atoms with Crippen LogP contribution in [-0.4, -0.2) is 58.2 Å². The molecule has 2 aliphatic rings. The van der Waals surface area contributed by atoms with E-state index in [1.54, 1.807) is 0 Å². The molecule has 5 nitrogen and oxygen atoms in total. The molecular weight excluding hydrogens is 324 g/mol. The topological polar surface area (TPSA) is 41.5 Å². The van der Waals surface area contributed by atoms with E-state index in [4.69, 9.17) is 4.74 Å². The SMILES string of the molecule is CN(Cc1ccccn1)[C@@H]1COC2(CCN(Cc3ccncc3)CC2)C1. The van der Waals surface area contributed by atoms with Gasteiger partial charge in [-0.1, -0.05) is 6.07 Å². The molecule has 0 aromatic carbocycles. The number of hydrogen-bond acceptors (Lipinski definition) is 5. The Morgan fingerprint density at radius 3 is 2.69 bits per heavy atom. The quantitative estimate of drug-likeness (QED) is 0.828. The average Bonchev–Trinajstić information content (AvgIpc) is 3.10. The molecule has 4 heterocycles. The van der Waals surface area contributed by atoms with Gasteiger partial charge in [0, 0.05) is 50.8 Å². The number of likely N-dealkylation sites (tertiary alicyclic amines) is 1. The van der Waals surface area contributed by atoms with Gasteiger partial charge in [0.2, 0.25) is 0 Å². The highest BCUT2D eigenvalue weighted by Crippen LogP contribution is 2.37. The van der Waals surface area contributed by atoms with Crippen molar-refractivity contribution in [3.8, 4) is 0 Å². The highest BCUT2D eigenvalue weighted by Gasteiger charge is 2.43. The van der Waals surface area contributed by atoms with Crippen LogP contribution in [0.3, 0.4) is 0 Å². The lowest BCUT2D eigenvalue weighted by molar-refractivity contribution is -0.0452. The summed E-state index contributed by atoms with van der Waals surface area (Å²) in [5, 5.41) is 0. The van der Waals surface area contributed by atoms with Gasteiger partial charge in [0.05, 0.1) is 17.9 Å². The van der Waals surface area contributed by atoms with Gasteiger partial charge in [-0.3, -0.25) is 19.8 Å². The van der Waals surface area contributed by atoms with Crippen LogP contribution >= 0.6 is 0 Å². The number of likely N-dealkylation sites (N-methyl/N-ethyl adjacent to an activating group) is 1. The highest BCUT2D eigenvalue weighted by molar-refractivity contribution is 5.10. The Kier molecular flexibility index (Phi) is 5.29. The Labute approximate surface area is 156 Å². The number of piperidine rings is 1. The zero-order valence-electron chi connectivity index (χ0n) is 15.6. The van der Waals surface area contributed by atoms with Gasteiger partial charge in [-0.05, 0) is 56.1 Å². The molecular formula is C21H28N4O. The van der Waals surface area contributed by atoms with Crippen molar-refractivity contribution in [2.75, 3.05) is 26.7 Å². The van der Waals surface area contributed by atoms with Gasteiger partial charge in [0.1, 0.15) is 0 Å². The summed E-state index contributed by atoms with van der Waals surface area (Å²) in [5.74, 6) is 0. The maximum atomic E-state index is 6.35. The fourth-order valence-corrected chi connectivity index (χ4v) is 4.19. The minimum Gasteiger partial charge on any atom is -0.373 e. The van der Waals surface area contributed by atoms with Crippen LogP contribution in [0, 0.1) is 0 Å². The first-order chi connectivity index (χ1) is 12.7. The zero-order chi connectivity index (χ0) is 17.8. The normalized spacial score (nSPS) is 22.9. The lowest BCUT2D eigenvalue weighted by Gasteiger charge is -2.39. The van der Waals surface area contributed by atoms with Gasteiger partial charge in [0.15, 0.2) is 0 Å². The number of nitrogens with zero attached hydrogens (tertiary/aromatic N) is 4. The summed E-state index contributed by atoms with van der Waals surface area (Å²) in [6.45, 7) is 4.96. The van der Waals surface area contributed by atoms with Crippen LogP contribution in [0.1, 0.15) is 30.5 Å². The van der Waals surface area contributed by atoms with Crippen LogP contribution in [0.5, 0.6) is 0 Å². The maximum Gasteiger partial charge on any atom is 0.0723 e. The summed E-state index contributed by atoms with van der Waals surface area (Å²) in [6, 6.07) is 10.8. The summed E-state index contributed by atoms with van der Waals surface area (Å²) in [6.07, 6.45) is 9.03. The predicted molar refractivity (Wildman–Crippen MR) is 102 cm³/mol. The lowest BCUT2D eigenvalue weighted by atomic mass is 9.87. The predicted octanol–water partition coefficient (Wildman–Crippen LogP) is 2.73. The van der Waals surface area contributed by atoms with E-state index in [1.165, 1.54) is 5.56 Å². The molecule has 0 saturated carbocycles. The fourth-order valence-electron chi connectivity index (χ4n) is 4.19. The molecule has 0 unspecified atom stereocenters. The van der Waals surface area contributed by atoms with Gasteiger partial charge in [-0.25, -0.2) is 0 Å². The van der Waals surface area contributed by atoms with Crippen molar-refractivity contribution in [2.24, 2.45) is 0 Å². The first-order valence-corrected chi connectivity index (χ1v) is 9.58. The summed E-state index contributed by atoms with van der Waals surface area (Å²) in [7, 11) is 2.19. The van der Waals surface area contributed by atoms with Gasteiger partial charge < -0.3 is 4.74 Å². The molecule has 138 valence electrons. The molecule has 5 heteroatoms. The summed E-state index contributed by atoms with van der Waals surface area (Å²) >= 11 is 0. The number of hydrogen-bond donors (Lipinski definition) is 0. The smallest absolute Gasteiger partial charge is 0.0723 e. The second kappa shape index (κ2) is 7.82. The van der Waals surface area contributed by atoms with Crippen LogP contribution in [0.2, 0.25) is 0 Å². The first kappa shape index (κ1) is 17.6. The standard InChI is InChI=1S/C21H28N4O/c1-24(16-19-4-2-3-9-23-19)20-14-21(26-17-20)7-12-25(13-8-21)15-18-5-10-22-11-6-18/h2-6,9-11,20H,7-8,12-17H2,1H3/t20-/m0/s1. The molecule has 2 aliphatic heterocycles. The van der Waals surface area contributed by atoms with Crippen molar-refractivity contribution in [1.29, 1.82) is 0 Å². The molecule has 0 radical (unpaired) electrons. The Bertz CT molecular complexity index is 686. The van der Waals surface area contributed by atoms with Crippen LogP contribution in [0.15, 0.2) is 48.9 Å². The Hall–Kier alpha value is -1.82. The van der Waals surface area contributed by atoms with Gasteiger partial charge >= 0.3 is 0 Å². The van der Waals surface area contributed by atoms with Crippen molar-refractivity contribution in [3.05, 3.63) is 60.2 Å². The molecule has 2 aromatic rings. The molecule has 2 saturated heterocycles. The minimum atomic E-state index is 0.0811. The van der Waals surface area contributed by atoms with Crippen molar-refractivity contribution in [2.45, 2.75) is 44.0 Å². The van der Waals surface area contributed by atoms with Crippen molar-refractivity contribution in [1.82, 2.24) is 19.8 Å². The second-order valence-electron chi connectivity index (χ2n) is 7.72. The zero-order valence-corrected chi connectivity index (χ0v) is 15.6. The van der Waals surface area contributed by atoms with E-state index in [1.807, 2.05) is 24.7 Å². The third kappa shape index (κ3) is 4.11. The van der Waals surface area contributed by atoms with Crippen molar-refractivity contribution in [3.63, 3.8) is 0 Å². The van der Waals surface area contributed by atoms with Crippen LogP contribution in [0.25, 0.3) is 0 Å². The van der Waals surface area contributed by atoms with Crippen LogP contribution < -0.4 is 0 Å². The molecule has 26 heavy (non-hydrogen) atoms. The molecule has 0 amide bonds. The number of aromatic nitrogens is 2. The van der Waals surface area contributed by atoms with E-state index in [9.17, 15) is 0 Å². The summed E-state index contributed by atoms with van der Waals surface area (Å²) < 4.78 is 6.35. The molecule has 0 bridgehead atoms. The molecule has 0 aliphatic carbocycles. The van der Waals surface area contributed by atoms with Crippen molar-refractivity contribution >= 4 is 0 Å². The van der Waals surface area contributed by atoms with Crippen molar-refractivity contribution < 1.29 is 4.74 Å². The maximum absolute atomic E-state index is 6.35. The summed E-state index contributed by atoms with van der Waals surface area (Å²) in [5.41, 5.74) is 2.55. The van der Waals surface area contributed by atoms with E-state index in [2.05, 4.69) is 51.1 Å². The molecule has 4 rings (SSSR count). The lowest BCUT2D eigenvalue weighted by Crippen LogP contribution is -2.44. The summed E-state index contributed by atoms with van der Waals surface area (Å²) in [4.78, 5) is 13.5. The molecule has 2 aromatic heterocycles. The molecule has 2 fully saturated rings. The average molecular weight is 352 g/mol. The van der Waals surface area contributed by atoms with Gasteiger partial charge in [-0.2, -0.15) is 0 Å². The molecule has 1 atom stereocenters. The van der Waals surface area contributed by atoms with E-state index >= 15 is 0 Å². The van der Waals surface area contributed by atoms with E-state index in [-0.39, 0.29) is 5.60 Å². The second-order valence-corrected chi connectivity index (χ2v) is 7.72.